The Morgan fingerprint density at radius 3 is 2.39 bits per heavy atom. The number of rotatable bonds is 8. The van der Waals surface area contributed by atoms with Crippen molar-refractivity contribution in [2.45, 2.75) is 38.5 Å². The lowest BCUT2D eigenvalue weighted by Gasteiger charge is -2.30. The molecule has 1 aliphatic heterocycles. The molecule has 0 aromatic heterocycles. The summed E-state index contributed by atoms with van der Waals surface area (Å²) in [5, 5.41) is 0. The molecule has 0 bridgehead atoms. The van der Waals surface area contributed by atoms with Crippen LogP contribution in [0.15, 0.2) is 47.4 Å². The predicted octanol–water partition coefficient (Wildman–Crippen LogP) is 3.83. The van der Waals surface area contributed by atoms with E-state index in [0.717, 1.165) is 25.9 Å². The van der Waals surface area contributed by atoms with E-state index in [1.165, 1.54) is 6.07 Å². The maximum atomic E-state index is 12.7. The van der Waals surface area contributed by atoms with Gasteiger partial charge in [-0.05, 0) is 80.6 Å². The highest BCUT2D eigenvalue weighted by Gasteiger charge is 2.21. The first-order valence-corrected chi connectivity index (χ1v) is 12.0. The molecule has 2 aromatic carbocycles. The van der Waals surface area contributed by atoms with Gasteiger partial charge in [-0.15, -0.1) is 0 Å². The molecule has 7 nitrogen and oxygen atoms in total. The maximum absolute atomic E-state index is 12.7. The molecule has 1 heterocycles. The number of piperidine rings is 1. The minimum absolute atomic E-state index is 0.0415. The van der Waals surface area contributed by atoms with Crippen molar-refractivity contribution in [3.8, 4) is 11.5 Å². The van der Waals surface area contributed by atoms with Crippen molar-refractivity contribution in [3.63, 3.8) is 0 Å². The average Bonchev–Trinajstić information content (AvgIpc) is 2.74. The van der Waals surface area contributed by atoms with Gasteiger partial charge < -0.3 is 14.4 Å². The Hall–Kier alpha value is -2.74. The molecule has 1 fully saturated rings. The Bertz CT molecular complexity index is 997. The van der Waals surface area contributed by atoms with E-state index in [1.54, 1.807) is 43.3 Å². The molecule has 1 saturated heterocycles. The Balaban J connectivity index is 1.61. The lowest BCUT2D eigenvalue weighted by atomic mass is 9.99. The smallest absolute Gasteiger partial charge is 0.261 e. The third kappa shape index (κ3) is 6.13. The number of likely N-dealkylation sites (tertiary alicyclic amines) is 1. The number of sulfonamides is 1. The summed E-state index contributed by atoms with van der Waals surface area (Å²) in [6.45, 7) is 7.86. The molecule has 1 N–H and O–H groups in total. The third-order valence-corrected chi connectivity index (χ3v) is 6.74. The topological polar surface area (TPSA) is 84.9 Å². The number of nitrogens with one attached hydrogen (secondary N) is 1. The first kappa shape index (κ1) is 22.9. The molecular formula is C23H30N2O5S. The van der Waals surface area contributed by atoms with Crippen molar-refractivity contribution < 1.29 is 22.7 Å². The molecule has 31 heavy (non-hydrogen) atoms. The highest BCUT2D eigenvalue weighted by atomic mass is 32.2. The molecule has 0 spiro atoms. The summed E-state index contributed by atoms with van der Waals surface area (Å²) in [5.41, 5.74) is 1.09. The van der Waals surface area contributed by atoms with Crippen molar-refractivity contribution in [3.05, 3.63) is 48.0 Å². The van der Waals surface area contributed by atoms with Crippen LogP contribution < -0.4 is 14.2 Å². The zero-order valence-electron chi connectivity index (χ0n) is 18.3. The second-order valence-electron chi connectivity index (χ2n) is 7.84. The Morgan fingerprint density at radius 1 is 1.10 bits per heavy atom. The first-order valence-electron chi connectivity index (χ1n) is 10.6. The van der Waals surface area contributed by atoms with Crippen molar-refractivity contribution in [2.75, 3.05) is 31.0 Å². The van der Waals surface area contributed by atoms with Gasteiger partial charge in [0.1, 0.15) is 11.5 Å². The summed E-state index contributed by atoms with van der Waals surface area (Å²) in [6.07, 6.45) is 2.03. The molecular weight excluding hydrogens is 416 g/mol. The van der Waals surface area contributed by atoms with Crippen molar-refractivity contribution >= 4 is 21.6 Å². The van der Waals surface area contributed by atoms with Crippen LogP contribution in [0.4, 0.5) is 5.69 Å². The SMILES string of the molecule is CCOc1ccc(NS(=O)(=O)c2ccc(OCC(=O)N3CCC(C)CC3)c(C)c2)cc1. The van der Waals surface area contributed by atoms with Crippen molar-refractivity contribution in [1.82, 2.24) is 4.90 Å². The van der Waals surface area contributed by atoms with E-state index in [-0.39, 0.29) is 17.4 Å². The van der Waals surface area contributed by atoms with Crippen molar-refractivity contribution in [1.29, 1.82) is 0 Å². The number of hydrogen-bond donors (Lipinski definition) is 1. The van der Waals surface area contributed by atoms with Gasteiger partial charge in [-0.2, -0.15) is 0 Å². The van der Waals surface area contributed by atoms with Gasteiger partial charge in [0.05, 0.1) is 11.5 Å². The number of nitrogens with zero attached hydrogens (tertiary/aromatic N) is 1. The summed E-state index contributed by atoms with van der Waals surface area (Å²) >= 11 is 0. The second-order valence-corrected chi connectivity index (χ2v) is 9.52. The lowest BCUT2D eigenvalue weighted by molar-refractivity contribution is -0.134. The molecule has 1 aliphatic rings. The largest absolute Gasteiger partial charge is 0.494 e. The Kier molecular flexibility index (Phi) is 7.43. The van der Waals surface area contributed by atoms with E-state index in [0.29, 0.717) is 35.3 Å². The number of ether oxygens (including phenoxy) is 2. The number of aryl methyl sites for hydroxylation is 1. The lowest BCUT2D eigenvalue weighted by Crippen LogP contribution is -2.40. The highest BCUT2D eigenvalue weighted by Crippen LogP contribution is 2.25. The summed E-state index contributed by atoms with van der Waals surface area (Å²) in [7, 11) is -3.75. The van der Waals surface area contributed by atoms with Gasteiger partial charge in [0.2, 0.25) is 0 Å². The van der Waals surface area contributed by atoms with Gasteiger partial charge in [-0.25, -0.2) is 8.42 Å². The van der Waals surface area contributed by atoms with Crippen LogP contribution in [-0.2, 0) is 14.8 Å². The van der Waals surface area contributed by atoms with E-state index in [2.05, 4.69) is 11.6 Å². The van der Waals surface area contributed by atoms with Crippen LogP contribution in [0.25, 0.3) is 0 Å². The van der Waals surface area contributed by atoms with E-state index in [9.17, 15) is 13.2 Å². The van der Waals surface area contributed by atoms with Gasteiger partial charge in [0, 0.05) is 18.8 Å². The summed E-state index contributed by atoms with van der Waals surface area (Å²) in [4.78, 5) is 14.3. The standard InChI is InChI=1S/C23H30N2O5S/c1-4-29-20-7-5-19(6-8-20)24-31(27,28)21-9-10-22(18(3)15-21)30-16-23(26)25-13-11-17(2)12-14-25/h5-10,15,17,24H,4,11-14,16H2,1-3H3. The number of carbonyl (C=O) groups excluding carboxylic acids is 1. The van der Waals surface area contributed by atoms with Crippen LogP contribution in [0.1, 0.15) is 32.3 Å². The molecule has 1 amide bonds. The van der Waals surface area contributed by atoms with E-state index < -0.39 is 10.0 Å². The molecule has 3 rings (SSSR count). The zero-order valence-corrected chi connectivity index (χ0v) is 19.1. The number of hydrogen-bond acceptors (Lipinski definition) is 5. The van der Waals surface area contributed by atoms with Gasteiger partial charge in [0.25, 0.3) is 15.9 Å². The summed E-state index contributed by atoms with van der Waals surface area (Å²) < 4.78 is 39.1. The van der Waals surface area contributed by atoms with Gasteiger partial charge in [-0.3, -0.25) is 9.52 Å². The van der Waals surface area contributed by atoms with Crippen LogP contribution in [0.2, 0.25) is 0 Å². The Labute approximate surface area is 184 Å². The van der Waals surface area contributed by atoms with Crippen LogP contribution in [-0.4, -0.2) is 45.5 Å². The maximum Gasteiger partial charge on any atom is 0.261 e. The number of carbonyl (C=O) groups is 1. The third-order valence-electron chi connectivity index (χ3n) is 5.36. The zero-order chi connectivity index (χ0) is 22.4. The molecule has 0 atom stereocenters. The fourth-order valence-electron chi connectivity index (χ4n) is 3.44. The van der Waals surface area contributed by atoms with Gasteiger partial charge in [0.15, 0.2) is 6.61 Å². The molecule has 0 unspecified atom stereocenters. The summed E-state index contributed by atoms with van der Waals surface area (Å²) in [6, 6.07) is 11.3. The minimum Gasteiger partial charge on any atom is -0.494 e. The molecule has 168 valence electrons. The monoisotopic (exact) mass is 446 g/mol. The van der Waals surface area contributed by atoms with Crippen LogP contribution in [0.3, 0.4) is 0 Å². The van der Waals surface area contributed by atoms with E-state index in [1.807, 2.05) is 11.8 Å². The van der Waals surface area contributed by atoms with E-state index in [4.69, 9.17) is 9.47 Å². The fourth-order valence-corrected chi connectivity index (χ4v) is 4.58. The summed E-state index contributed by atoms with van der Waals surface area (Å²) in [5.74, 6) is 1.79. The Morgan fingerprint density at radius 2 is 1.77 bits per heavy atom. The molecule has 2 aromatic rings. The quantitative estimate of drug-likeness (QED) is 0.666. The molecule has 0 radical (unpaired) electrons. The second kappa shape index (κ2) is 10.0. The molecule has 0 aliphatic carbocycles. The fraction of sp³-hybridized carbons (Fsp3) is 0.435. The predicted molar refractivity (Wildman–Crippen MR) is 120 cm³/mol. The molecule has 0 saturated carbocycles. The van der Waals surface area contributed by atoms with Crippen LogP contribution in [0.5, 0.6) is 11.5 Å². The van der Waals surface area contributed by atoms with E-state index >= 15 is 0 Å². The van der Waals surface area contributed by atoms with Crippen LogP contribution in [0, 0.1) is 12.8 Å². The van der Waals surface area contributed by atoms with Crippen LogP contribution >= 0.6 is 0 Å². The number of anilines is 1. The normalized spacial score (nSPS) is 14.9. The molecule has 8 heteroatoms. The highest BCUT2D eigenvalue weighted by molar-refractivity contribution is 7.92. The van der Waals surface area contributed by atoms with Gasteiger partial charge in [-0.1, -0.05) is 6.92 Å². The van der Waals surface area contributed by atoms with Gasteiger partial charge >= 0.3 is 0 Å². The number of benzene rings is 2. The average molecular weight is 447 g/mol. The number of amides is 1. The first-order chi connectivity index (χ1) is 14.8. The minimum atomic E-state index is -3.75. The van der Waals surface area contributed by atoms with Crippen molar-refractivity contribution in [2.24, 2.45) is 5.92 Å².